The summed E-state index contributed by atoms with van der Waals surface area (Å²) in [4.78, 5) is 28.2. The lowest BCUT2D eigenvalue weighted by Crippen LogP contribution is -2.53. The van der Waals surface area contributed by atoms with Crippen LogP contribution in [0.15, 0.2) is 42.5 Å². The van der Waals surface area contributed by atoms with Gasteiger partial charge in [0.15, 0.2) is 0 Å². The molecule has 1 aliphatic rings. The zero-order valence-corrected chi connectivity index (χ0v) is 18.5. The summed E-state index contributed by atoms with van der Waals surface area (Å²) in [6.07, 6.45) is 2.99. The second-order valence-corrected chi connectivity index (χ2v) is 8.27. The summed E-state index contributed by atoms with van der Waals surface area (Å²) >= 11 is 6.07. The first-order valence-corrected chi connectivity index (χ1v) is 10.6. The van der Waals surface area contributed by atoms with Crippen molar-refractivity contribution >= 4 is 29.5 Å². The van der Waals surface area contributed by atoms with Crippen LogP contribution in [0, 0.1) is 17.1 Å². The van der Waals surface area contributed by atoms with Gasteiger partial charge in [0.2, 0.25) is 11.8 Å². The number of nitriles is 1. The fourth-order valence-electron chi connectivity index (χ4n) is 3.82. The third kappa shape index (κ3) is 5.94. The highest BCUT2D eigenvalue weighted by Gasteiger charge is 2.26. The average molecular weight is 455 g/mol. The van der Waals surface area contributed by atoms with Crippen LogP contribution in [0.2, 0.25) is 5.02 Å². The lowest BCUT2D eigenvalue weighted by Gasteiger charge is -2.39. The molecule has 1 fully saturated rings. The van der Waals surface area contributed by atoms with Crippen LogP contribution >= 0.6 is 11.6 Å². The molecule has 8 heteroatoms. The molecular formula is C24H24ClFN4O2. The number of halogens is 2. The summed E-state index contributed by atoms with van der Waals surface area (Å²) in [5.41, 5.74) is 7.71. The normalized spacial score (nSPS) is 16.8. The quantitative estimate of drug-likeness (QED) is 0.679. The Hall–Kier alpha value is -3.21. The van der Waals surface area contributed by atoms with Crippen LogP contribution in [-0.4, -0.2) is 47.3 Å². The van der Waals surface area contributed by atoms with Gasteiger partial charge in [0.1, 0.15) is 11.9 Å². The molecule has 0 spiro atoms. The van der Waals surface area contributed by atoms with E-state index in [9.17, 15) is 19.2 Å². The van der Waals surface area contributed by atoms with Gasteiger partial charge in [0.25, 0.3) is 0 Å². The second kappa shape index (κ2) is 10.4. The van der Waals surface area contributed by atoms with E-state index in [1.165, 1.54) is 24.3 Å². The van der Waals surface area contributed by atoms with E-state index in [2.05, 4.69) is 4.90 Å². The fraction of sp³-hybridized carbons (Fsp3) is 0.292. The van der Waals surface area contributed by atoms with E-state index in [0.717, 1.165) is 5.56 Å². The van der Waals surface area contributed by atoms with Crippen LogP contribution in [0.3, 0.4) is 0 Å². The van der Waals surface area contributed by atoms with Crippen molar-refractivity contribution in [3.05, 3.63) is 75.6 Å². The lowest BCUT2D eigenvalue weighted by molar-refractivity contribution is -0.130. The molecule has 0 aromatic heterocycles. The summed E-state index contributed by atoms with van der Waals surface area (Å²) in [6.45, 7) is 4.64. The molecule has 2 aromatic rings. The molecule has 32 heavy (non-hydrogen) atoms. The fourth-order valence-corrected chi connectivity index (χ4v) is 4.05. The maximum absolute atomic E-state index is 13.1. The Morgan fingerprint density at radius 3 is 2.62 bits per heavy atom. The molecule has 2 aromatic carbocycles. The van der Waals surface area contributed by atoms with Gasteiger partial charge in [-0.15, -0.1) is 0 Å². The first kappa shape index (κ1) is 23.5. The number of primary amides is 1. The van der Waals surface area contributed by atoms with E-state index in [0.29, 0.717) is 37.3 Å². The topological polar surface area (TPSA) is 90.4 Å². The molecule has 0 aliphatic carbocycles. The molecule has 2 amide bonds. The van der Waals surface area contributed by atoms with E-state index in [4.69, 9.17) is 17.3 Å². The number of carbonyl (C=O) groups excluding carboxylic acids is 2. The Morgan fingerprint density at radius 1 is 1.28 bits per heavy atom. The van der Waals surface area contributed by atoms with Crippen molar-refractivity contribution in [2.24, 2.45) is 5.73 Å². The summed E-state index contributed by atoms with van der Waals surface area (Å²) in [7, 11) is 0. The molecule has 3 rings (SSSR count). The summed E-state index contributed by atoms with van der Waals surface area (Å²) in [5.74, 6) is -0.944. The molecule has 1 unspecified atom stereocenters. The van der Waals surface area contributed by atoms with Gasteiger partial charge in [-0.3, -0.25) is 14.5 Å². The molecule has 0 bridgehead atoms. The van der Waals surface area contributed by atoms with Crippen molar-refractivity contribution < 1.29 is 14.0 Å². The minimum atomic E-state index is -0.530. The van der Waals surface area contributed by atoms with E-state index >= 15 is 0 Å². The number of piperazine rings is 1. The number of hydrogen-bond acceptors (Lipinski definition) is 4. The number of nitrogens with zero attached hydrogens (tertiary/aromatic N) is 3. The number of nitrogens with two attached hydrogens (primary N) is 1. The van der Waals surface area contributed by atoms with Crippen LogP contribution in [-0.2, 0) is 22.6 Å². The van der Waals surface area contributed by atoms with E-state index in [-0.39, 0.29) is 34.8 Å². The zero-order chi connectivity index (χ0) is 23.3. The Bertz CT molecular complexity index is 1080. The SMILES string of the molecule is CC1CN(Cc2ccc(F)cc2)CCN1C(=O)C=Cc1cc(C#N)c(Cl)cc1CC(N)=O. The molecule has 166 valence electrons. The number of carbonyl (C=O) groups is 2. The van der Waals surface area contributed by atoms with E-state index < -0.39 is 5.91 Å². The minimum absolute atomic E-state index is 0.00803. The molecule has 0 saturated carbocycles. The standard InChI is InChI=1S/C24H24ClFN4O2/c1-16-14-29(15-17-2-5-21(26)6-3-17)8-9-30(16)24(32)7-4-18-10-20(13-27)22(25)11-19(18)12-23(28)31/h2-7,10-11,16H,8-9,12,14-15H2,1H3,(H2,28,31). The zero-order valence-electron chi connectivity index (χ0n) is 17.7. The second-order valence-electron chi connectivity index (χ2n) is 7.86. The number of amides is 2. The lowest BCUT2D eigenvalue weighted by atomic mass is 10.0. The molecule has 0 radical (unpaired) electrons. The smallest absolute Gasteiger partial charge is 0.246 e. The van der Waals surface area contributed by atoms with Gasteiger partial charge in [-0.25, -0.2) is 4.39 Å². The average Bonchev–Trinajstić information content (AvgIpc) is 2.74. The number of benzene rings is 2. The van der Waals surface area contributed by atoms with Crippen molar-refractivity contribution in [2.45, 2.75) is 25.9 Å². The maximum atomic E-state index is 13.1. The van der Waals surface area contributed by atoms with Gasteiger partial charge < -0.3 is 10.6 Å². The third-order valence-electron chi connectivity index (χ3n) is 5.43. The Balaban J connectivity index is 1.68. The van der Waals surface area contributed by atoms with Crippen LogP contribution in [0.4, 0.5) is 4.39 Å². The molecule has 1 aliphatic heterocycles. The van der Waals surface area contributed by atoms with Gasteiger partial charge in [-0.1, -0.05) is 23.7 Å². The molecule has 2 N–H and O–H groups in total. The number of rotatable bonds is 6. The van der Waals surface area contributed by atoms with Crippen LogP contribution < -0.4 is 5.73 Å². The number of hydrogen-bond donors (Lipinski definition) is 1. The van der Waals surface area contributed by atoms with Gasteiger partial charge in [-0.05, 0) is 54.0 Å². The Labute approximate surface area is 191 Å². The predicted octanol–water partition coefficient (Wildman–Crippen LogP) is 3.12. The van der Waals surface area contributed by atoms with E-state index in [1.807, 2.05) is 13.0 Å². The highest BCUT2D eigenvalue weighted by atomic mass is 35.5. The molecule has 1 heterocycles. The van der Waals surface area contributed by atoms with Crippen molar-refractivity contribution in [2.75, 3.05) is 19.6 Å². The van der Waals surface area contributed by atoms with Gasteiger partial charge in [0, 0.05) is 38.3 Å². The van der Waals surface area contributed by atoms with Crippen molar-refractivity contribution in [1.82, 2.24) is 9.80 Å². The van der Waals surface area contributed by atoms with Gasteiger partial charge in [0.05, 0.1) is 17.0 Å². The maximum Gasteiger partial charge on any atom is 0.246 e. The molecule has 1 atom stereocenters. The first-order chi connectivity index (χ1) is 15.3. The monoisotopic (exact) mass is 454 g/mol. The molecular weight excluding hydrogens is 431 g/mol. The largest absolute Gasteiger partial charge is 0.369 e. The first-order valence-electron chi connectivity index (χ1n) is 10.2. The highest BCUT2D eigenvalue weighted by molar-refractivity contribution is 6.31. The van der Waals surface area contributed by atoms with Gasteiger partial charge in [-0.2, -0.15) is 5.26 Å². The summed E-state index contributed by atoms with van der Waals surface area (Å²) < 4.78 is 13.1. The highest BCUT2D eigenvalue weighted by Crippen LogP contribution is 2.23. The Morgan fingerprint density at radius 2 is 2.00 bits per heavy atom. The summed E-state index contributed by atoms with van der Waals surface area (Å²) in [5, 5.41) is 9.46. The van der Waals surface area contributed by atoms with Crippen molar-refractivity contribution in [1.29, 1.82) is 5.26 Å². The third-order valence-corrected chi connectivity index (χ3v) is 5.75. The predicted molar refractivity (Wildman–Crippen MR) is 121 cm³/mol. The van der Waals surface area contributed by atoms with Crippen LogP contribution in [0.5, 0.6) is 0 Å². The van der Waals surface area contributed by atoms with Gasteiger partial charge >= 0.3 is 0 Å². The molecule has 6 nitrogen and oxygen atoms in total. The minimum Gasteiger partial charge on any atom is -0.369 e. The van der Waals surface area contributed by atoms with E-state index in [1.54, 1.807) is 29.2 Å². The molecule has 1 saturated heterocycles. The Kier molecular flexibility index (Phi) is 7.62. The summed E-state index contributed by atoms with van der Waals surface area (Å²) in [6, 6.07) is 11.5. The van der Waals surface area contributed by atoms with Crippen LogP contribution in [0.1, 0.15) is 29.2 Å². The van der Waals surface area contributed by atoms with Crippen molar-refractivity contribution in [3.63, 3.8) is 0 Å². The van der Waals surface area contributed by atoms with Crippen LogP contribution in [0.25, 0.3) is 6.08 Å². The van der Waals surface area contributed by atoms with Crippen molar-refractivity contribution in [3.8, 4) is 6.07 Å².